The topological polar surface area (TPSA) is 41.6 Å². The van der Waals surface area contributed by atoms with Crippen LogP contribution in [-0.4, -0.2) is 49.5 Å². The molecule has 1 unspecified atom stereocenters. The predicted molar refractivity (Wildman–Crippen MR) is 83.2 cm³/mol. The molecule has 1 aromatic rings. The Morgan fingerprint density at radius 1 is 1.50 bits per heavy atom. The smallest absolute Gasteiger partial charge is 0.262 e. The molecule has 1 aromatic carbocycles. The molecule has 0 bridgehead atoms. The van der Waals surface area contributed by atoms with Gasteiger partial charge in [-0.15, -0.1) is 12.4 Å². The highest BCUT2D eigenvalue weighted by atomic mass is 35.5. The van der Waals surface area contributed by atoms with Crippen molar-refractivity contribution in [2.75, 3.05) is 26.7 Å². The first-order chi connectivity index (χ1) is 9.89. The van der Waals surface area contributed by atoms with E-state index in [-0.39, 0.29) is 24.9 Å². The first-order valence-corrected chi connectivity index (χ1v) is 7.00. The van der Waals surface area contributed by atoms with E-state index in [1.165, 1.54) is 4.90 Å². The Kier molecular flexibility index (Phi) is 6.84. The Labute approximate surface area is 139 Å². The molecule has 124 valence electrons. The van der Waals surface area contributed by atoms with Crippen LogP contribution >= 0.6 is 24.0 Å². The molecular weight excluding hydrogens is 337 g/mol. The first kappa shape index (κ1) is 18.9. The number of nitrogens with zero attached hydrogens (tertiary/aromatic N) is 1. The summed E-state index contributed by atoms with van der Waals surface area (Å²) in [6.45, 7) is 0.0935. The highest BCUT2D eigenvalue weighted by Crippen LogP contribution is 2.26. The maximum atomic E-state index is 13.1. The van der Waals surface area contributed by atoms with Gasteiger partial charge in [0.2, 0.25) is 5.91 Å². The van der Waals surface area contributed by atoms with Crippen LogP contribution in [0.1, 0.15) is 6.42 Å². The standard InChI is InChI=1S/C14H17ClF2N2O2.ClH/c1-19(13(20)11-8-14(16,17)9-18-11)6-7-21-12-5-3-2-4-10(12)15;/h2-5,11,18H,6-9H2,1H3;1H. The number of amides is 1. The van der Waals surface area contributed by atoms with Gasteiger partial charge in [-0.3, -0.25) is 10.1 Å². The number of nitrogens with one attached hydrogen (secondary N) is 1. The minimum Gasteiger partial charge on any atom is -0.490 e. The van der Waals surface area contributed by atoms with Gasteiger partial charge >= 0.3 is 0 Å². The number of ether oxygens (including phenoxy) is 1. The summed E-state index contributed by atoms with van der Waals surface area (Å²) in [6.07, 6.45) is -0.457. The molecule has 0 spiro atoms. The monoisotopic (exact) mass is 354 g/mol. The minimum absolute atomic E-state index is 0. The molecule has 1 N–H and O–H groups in total. The van der Waals surface area contributed by atoms with Crippen molar-refractivity contribution in [1.82, 2.24) is 10.2 Å². The van der Waals surface area contributed by atoms with E-state index < -0.39 is 24.9 Å². The maximum absolute atomic E-state index is 13.1. The second-order valence-corrected chi connectivity index (χ2v) is 5.44. The van der Waals surface area contributed by atoms with Crippen LogP contribution in [0.4, 0.5) is 8.78 Å². The molecule has 1 heterocycles. The third kappa shape index (κ3) is 4.97. The average molecular weight is 355 g/mol. The predicted octanol–water partition coefficient (Wildman–Crippen LogP) is 2.60. The van der Waals surface area contributed by atoms with Gasteiger partial charge < -0.3 is 9.64 Å². The summed E-state index contributed by atoms with van der Waals surface area (Å²) in [7, 11) is 1.57. The van der Waals surface area contributed by atoms with Crippen molar-refractivity contribution in [3.63, 3.8) is 0 Å². The number of hydrogen-bond donors (Lipinski definition) is 1. The van der Waals surface area contributed by atoms with E-state index >= 15 is 0 Å². The van der Waals surface area contributed by atoms with Crippen LogP contribution in [0.15, 0.2) is 24.3 Å². The zero-order chi connectivity index (χ0) is 15.5. The molecule has 1 aliphatic rings. The van der Waals surface area contributed by atoms with Crippen molar-refractivity contribution >= 4 is 29.9 Å². The van der Waals surface area contributed by atoms with Crippen LogP contribution in [0, 0.1) is 0 Å². The molecule has 8 heteroatoms. The Morgan fingerprint density at radius 3 is 2.77 bits per heavy atom. The van der Waals surface area contributed by atoms with Crippen LogP contribution in [0.25, 0.3) is 0 Å². The number of likely N-dealkylation sites (N-methyl/N-ethyl adjacent to an activating group) is 1. The highest BCUT2D eigenvalue weighted by molar-refractivity contribution is 6.32. The van der Waals surface area contributed by atoms with E-state index in [1.807, 2.05) is 0 Å². The zero-order valence-corrected chi connectivity index (χ0v) is 13.6. The number of alkyl halides is 2. The minimum atomic E-state index is -2.81. The summed E-state index contributed by atoms with van der Waals surface area (Å²) in [5.41, 5.74) is 0. The second kappa shape index (κ2) is 7.94. The summed E-state index contributed by atoms with van der Waals surface area (Å²) < 4.78 is 31.6. The molecule has 1 amide bonds. The van der Waals surface area contributed by atoms with E-state index in [2.05, 4.69) is 5.32 Å². The molecule has 0 aliphatic carbocycles. The molecular formula is C14H18Cl2F2N2O2. The molecule has 1 fully saturated rings. The number of carbonyl (C=O) groups excluding carboxylic acids is 1. The van der Waals surface area contributed by atoms with Crippen LogP contribution in [0.5, 0.6) is 5.75 Å². The van der Waals surface area contributed by atoms with Gasteiger partial charge in [-0.05, 0) is 12.1 Å². The number of benzene rings is 1. The quantitative estimate of drug-likeness (QED) is 0.883. The fourth-order valence-electron chi connectivity index (χ4n) is 2.12. The van der Waals surface area contributed by atoms with Crippen molar-refractivity contribution in [2.24, 2.45) is 0 Å². The molecule has 0 saturated carbocycles. The lowest BCUT2D eigenvalue weighted by Crippen LogP contribution is -2.43. The third-order valence-electron chi connectivity index (χ3n) is 3.31. The van der Waals surface area contributed by atoms with Gasteiger partial charge in [-0.1, -0.05) is 23.7 Å². The van der Waals surface area contributed by atoms with Crippen LogP contribution in [0.2, 0.25) is 5.02 Å². The van der Waals surface area contributed by atoms with E-state index in [0.29, 0.717) is 17.3 Å². The fourth-order valence-corrected chi connectivity index (χ4v) is 2.31. The van der Waals surface area contributed by atoms with Crippen molar-refractivity contribution in [3.8, 4) is 5.75 Å². The molecule has 2 rings (SSSR count). The number of carbonyl (C=O) groups is 1. The van der Waals surface area contributed by atoms with Gasteiger partial charge in [0, 0.05) is 13.5 Å². The Hall–Kier alpha value is -1.11. The van der Waals surface area contributed by atoms with Crippen LogP contribution in [0.3, 0.4) is 0 Å². The highest BCUT2D eigenvalue weighted by Gasteiger charge is 2.43. The number of rotatable bonds is 5. The SMILES string of the molecule is CN(CCOc1ccccc1Cl)C(=O)C1CC(F)(F)CN1.Cl. The Bertz CT molecular complexity index is 517. The average Bonchev–Trinajstić information content (AvgIpc) is 2.80. The van der Waals surface area contributed by atoms with Gasteiger partial charge in [-0.2, -0.15) is 0 Å². The summed E-state index contributed by atoms with van der Waals surface area (Å²) >= 11 is 5.94. The van der Waals surface area contributed by atoms with Gasteiger partial charge in [0.15, 0.2) is 0 Å². The zero-order valence-electron chi connectivity index (χ0n) is 12.0. The van der Waals surface area contributed by atoms with Gasteiger partial charge in [-0.25, -0.2) is 8.78 Å². The van der Waals surface area contributed by atoms with Crippen molar-refractivity contribution < 1.29 is 18.3 Å². The van der Waals surface area contributed by atoms with E-state index in [4.69, 9.17) is 16.3 Å². The van der Waals surface area contributed by atoms with Crippen molar-refractivity contribution in [2.45, 2.75) is 18.4 Å². The third-order valence-corrected chi connectivity index (χ3v) is 3.62. The summed E-state index contributed by atoms with van der Waals surface area (Å²) in [6, 6.07) is 6.18. The van der Waals surface area contributed by atoms with Crippen molar-refractivity contribution in [1.29, 1.82) is 0 Å². The van der Waals surface area contributed by atoms with E-state index in [9.17, 15) is 13.6 Å². The van der Waals surface area contributed by atoms with Crippen molar-refractivity contribution in [3.05, 3.63) is 29.3 Å². The Balaban J connectivity index is 0.00000242. The second-order valence-electron chi connectivity index (χ2n) is 5.03. The summed E-state index contributed by atoms with van der Waals surface area (Å²) in [5, 5.41) is 3.03. The Morgan fingerprint density at radius 2 is 2.18 bits per heavy atom. The number of hydrogen-bond acceptors (Lipinski definition) is 3. The number of halogens is 4. The maximum Gasteiger partial charge on any atom is 0.262 e. The lowest BCUT2D eigenvalue weighted by molar-refractivity contribution is -0.132. The van der Waals surface area contributed by atoms with Crippen LogP contribution in [-0.2, 0) is 4.79 Å². The molecule has 4 nitrogen and oxygen atoms in total. The van der Waals surface area contributed by atoms with Crippen LogP contribution < -0.4 is 10.1 Å². The number of para-hydroxylation sites is 1. The van der Waals surface area contributed by atoms with Gasteiger partial charge in [0.1, 0.15) is 12.4 Å². The lowest BCUT2D eigenvalue weighted by Gasteiger charge is -2.21. The fraction of sp³-hybridized carbons (Fsp3) is 0.500. The molecule has 1 aliphatic heterocycles. The van der Waals surface area contributed by atoms with E-state index in [0.717, 1.165) is 0 Å². The summed E-state index contributed by atoms with van der Waals surface area (Å²) in [5.74, 6) is -2.63. The lowest BCUT2D eigenvalue weighted by atomic mass is 10.2. The first-order valence-electron chi connectivity index (χ1n) is 6.62. The molecule has 22 heavy (non-hydrogen) atoms. The largest absolute Gasteiger partial charge is 0.490 e. The normalized spacial score (nSPS) is 19.4. The summed E-state index contributed by atoms with van der Waals surface area (Å²) in [4.78, 5) is 13.4. The molecule has 0 radical (unpaired) electrons. The van der Waals surface area contributed by atoms with Gasteiger partial charge in [0.25, 0.3) is 5.92 Å². The molecule has 1 atom stereocenters. The molecule has 0 aromatic heterocycles. The van der Waals surface area contributed by atoms with E-state index in [1.54, 1.807) is 31.3 Å². The van der Waals surface area contributed by atoms with Gasteiger partial charge in [0.05, 0.1) is 24.2 Å². The molecule has 1 saturated heterocycles.